The summed E-state index contributed by atoms with van der Waals surface area (Å²) in [5, 5.41) is 0. The maximum Gasteiger partial charge on any atom is 0.683 e. The molecule has 0 fully saturated rings. The molecule has 0 atom stereocenters. The van der Waals surface area contributed by atoms with Crippen LogP contribution in [0.3, 0.4) is 0 Å². The van der Waals surface area contributed by atoms with Gasteiger partial charge in [-0.05, 0) is 0 Å². The number of carbonyl (C=O) groups excluding carboxylic acids is 2. The summed E-state index contributed by atoms with van der Waals surface area (Å²) in [6.45, 7) is 0. The van der Waals surface area contributed by atoms with Crippen molar-refractivity contribution in [3.05, 3.63) is 0 Å². The second kappa shape index (κ2) is 4.82. The van der Waals surface area contributed by atoms with Gasteiger partial charge in [-0.2, -0.15) is 13.2 Å². The average Bonchev–Trinajstić information content (AvgIpc) is 2.02. The molecule has 9 heteroatoms. The molecule has 0 saturated carbocycles. The Morgan fingerprint density at radius 1 is 1.29 bits per heavy atom. The average molecular weight is 216 g/mol. The van der Waals surface area contributed by atoms with E-state index in [-0.39, 0.29) is 0 Å². The Labute approximate surface area is 76.3 Å². The van der Waals surface area contributed by atoms with Crippen molar-refractivity contribution in [2.24, 2.45) is 0 Å². The van der Waals surface area contributed by atoms with Crippen LogP contribution in [0.5, 0.6) is 0 Å². The molecule has 14 heavy (non-hydrogen) atoms. The van der Waals surface area contributed by atoms with Gasteiger partial charge in [-0.15, -0.1) is 0 Å². The molecular formula is C5H5BF4O4. The Bertz CT molecular complexity index is 228. The summed E-state index contributed by atoms with van der Waals surface area (Å²) in [5.74, 6) is -2.74. The first-order valence-electron chi connectivity index (χ1n) is 3.24. The molecule has 0 heterocycles. The van der Waals surface area contributed by atoms with Crippen LogP contribution in [0.2, 0.25) is 0 Å². The van der Waals surface area contributed by atoms with Crippen molar-refractivity contribution in [3.8, 4) is 0 Å². The van der Waals surface area contributed by atoms with E-state index in [1.807, 2.05) is 0 Å². The molecule has 0 aromatic rings. The minimum absolute atomic E-state index is 0.923. The van der Waals surface area contributed by atoms with E-state index >= 15 is 0 Å². The highest BCUT2D eigenvalue weighted by atomic mass is 19.4. The first-order valence-corrected chi connectivity index (χ1v) is 3.24. The summed E-state index contributed by atoms with van der Waals surface area (Å²) >= 11 is 0. The topological polar surface area (TPSA) is 52.6 Å². The minimum Gasteiger partial charge on any atom is -0.500 e. The van der Waals surface area contributed by atoms with Crippen LogP contribution < -0.4 is 0 Å². The number of methoxy groups -OCH3 is 1. The maximum absolute atomic E-state index is 12.0. The van der Waals surface area contributed by atoms with Crippen molar-refractivity contribution in [3.63, 3.8) is 0 Å². The Morgan fingerprint density at radius 3 is 2.14 bits per heavy atom. The number of carbonyl (C=O) groups is 2. The zero-order valence-electron chi connectivity index (χ0n) is 6.93. The molecule has 0 aromatic heterocycles. The van der Waals surface area contributed by atoms with Gasteiger partial charge in [-0.25, -0.2) is 0 Å². The van der Waals surface area contributed by atoms with Gasteiger partial charge in [0, 0.05) is 0 Å². The van der Waals surface area contributed by atoms with Crippen LogP contribution in [0.4, 0.5) is 17.5 Å². The van der Waals surface area contributed by atoms with Crippen molar-refractivity contribution in [1.29, 1.82) is 0 Å². The number of hydrogen-bond acceptors (Lipinski definition) is 4. The van der Waals surface area contributed by atoms with E-state index < -0.39 is 31.6 Å². The lowest BCUT2D eigenvalue weighted by Crippen LogP contribution is -2.35. The molecule has 0 N–H and O–H groups in total. The third kappa shape index (κ3) is 4.68. The molecule has 0 spiro atoms. The monoisotopic (exact) mass is 216 g/mol. The van der Waals surface area contributed by atoms with Crippen LogP contribution in [-0.2, 0) is 19.0 Å². The van der Waals surface area contributed by atoms with Crippen LogP contribution in [0.15, 0.2) is 0 Å². The van der Waals surface area contributed by atoms with Gasteiger partial charge in [-0.1, -0.05) is 0 Å². The predicted molar refractivity (Wildman–Crippen MR) is 35.6 cm³/mol. The Balaban J connectivity index is 4.01. The van der Waals surface area contributed by atoms with Gasteiger partial charge in [0.2, 0.25) is 0 Å². The Hall–Kier alpha value is -1.28. The summed E-state index contributed by atoms with van der Waals surface area (Å²) < 4.78 is 53.6. The number of rotatable bonds is 3. The standard InChI is InChI=1S/C5H5BF4O4/c1-13-3(11)2-4(12)14-6(10)5(7,8)9/h2H2,1H3. The molecule has 80 valence electrons. The third-order valence-corrected chi connectivity index (χ3v) is 1.01. The van der Waals surface area contributed by atoms with Crippen LogP contribution in [0.25, 0.3) is 0 Å². The quantitative estimate of drug-likeness (QED) is 0.300. The summed E-state index contributed by atoms with van der Waals surface area (Å²) in [6.07, 6.45) is -6.35. The highest BCUT2D eigenvalue weighted by molar-refractivity contribution is 6.48. The van der Waals surface area contributed by atoms with Gasteiger partial charge >= 0.3 is 25.2 Å². The molecule has 0 amide bonds. The van der Waals surface area contributed by atoms with E-state index in [1.165, 1.54) is 0 Å². The molecule has 0 bridgehead atoms. The van der Waals surface area contributed by atoms with Crippen LogP contribution in [-0.4, -0.2) is 32.3 Å². The molecule has 0 radical (unpaired) electrons. The second-order valence-corrected chi connectivity index (χ2v) is 2.10. The summed E-state index contributed by atoms with van der Waals surface area (Å²) in [6, 6.07) is 0. The van der Waals surface area contributed by atoms with E-state index in [0.717, 1.165) is 7.11 Å². The van der Waals surface area contributed by atoms with Gasteiger partial charge in [-0.3, -0.25) is 13.9 Å². The van der Waals surface area contributed by atoms with E-state index in [9.17, 15) is 27.1 Å². The minimum atomic E-state index is -5.29. The molecule has 4 nitrogen and oxygen atoms in total. The summed E-state index contributed by atoms with van der Waals surface area (Å²) in [4.78, 5) is 20.7. The maximum atomic E-state index is 12.0. The van der Waals surface area contributed by atoms with E-state index in [4.69, 9.17) is 0 Å². The van der Waals surface area contributed by atoms with E-state index in [1.54, 1.807) is 0 Å². The smallest absolute Gasteiger partial charge is 0.500 e. The van der Waals surface area contributed by atoms with Crippen LogP contribution >= 0.6 is 0 Å². The van der Waals surface area contributed by atoms with Gasteiger partial charge < -0.3 is 9.39 Å². The van der Waals surface area contributed by atoms with Crippen molar-refractivity contribution in [1.82, 2.24) is 0 Å². The zero-order chi connectivity index (χ0) is 11.4. The SMILES string of the molecule is COC(=O)CC(=O)OB(F)C(F)(F)F. The number of alkyl halides is 3. The van der Waals surface area contributed by atoms with Crippen molar-refractivity contribution >= 4 is 19.1 Å². The fourth-order valence-corrected chi connectivity index (χ4v) is 0.414. The van der Waals surface area contributed by atoms with Crippen molar-refractivity contribution in [2.75, 3.05) is 7.11 Å². The zero-order valence-corrected chi connectivity index (χ0v) is 6.93. The van der Waals surface area contributed by atoms with E-state index in [0.29, 0.717) is 0 Å². The van der Waals surface area contributed by atoms with Gasteiger partial charge in [0.15, 0.2) is 0 Å². The Morgan fingerprint density at radius 2 is 1.79 bits per heavy atom. The van der Waals surface area contributed by atoms with E-state index in [2.05, 4.69) is 9.39 Å². The lowest BCUT2D eigenvalue weighted by molar-refractivity contribution is -0.150. The predicted octanol–water partition coefficient (Wildman–Crippen LogP) is 0.652. The number of esters is 1. The van der Waals surface area contributed by atoms with Crippen LogP contribution in [0, 0.1) is 0 Å². The molecule has 0 unspecified atom stereocenters. The van der Waals surface area contributed by atoms with Crippen molar-refractivity contribution < 1.29 is 36.5 Å². The second-order valence-electron chi connectivity index (χ2n) is 2.10. The first kappa shape index (κ1) is 12.7. The lowest BCUT2D eigenvalue weighted by atomic mass is 9.94. The molecule has 0 aliphatic rings. The summed E-state index contributed by atoms with van der Waals surface area (Å²) in [5.41, 5.74) is 0. The highest BCUT2D eigenvalue weighted by Crippen LogP contribution is 2.20. The fraction of sp³-hybridized carbons (Fsp3) is 0.600. The highest BCUT2D eigenvalue weighted by Gasteiger charge is 2.52. The van der Waals surface area contributed by atoms with Gasteiger partial charge in [0.05, 0.1) is 7.11 Å². The fourth-order valence-electron chi connectivity index (χ4n) is 0.414. The Kier molecular flexibility index (Phi) is 4.38. The molecule has 0 aromatic carbocycles. The molecule has 0 rings (SSSR count). The molecule has 0 aliphatic carbocycles. The van der Waals surface area contributed by atoms with Crippen LogP contribution in [0.1, 0.15) is 6.42 Å². The molecule has 0 aliphatic heterocycles. The number of hydrogen-bond donors (Lipinski definition) is 0. The molecular weight excluding hydrogens is 211 g/mol. The normalized spacial score (nSPS) is 10.6. The largest absolute Gasteiger partial charge is 0.683 e. The number of ether oxygens (including phenoxy) is 1. The van der Waals surface area contributed by atoms with Gasteiger partial charge in [0.1, 0.15) is 6.42 Å². The number of halogens is 4. The summed E-state index contributed by atoms with van der Waals surface area (Å²) in [7, 11) is -2.80. The van der Waals surface area contributed by atoms with Crippen molar-refractivity contribution in [2.45, 2.75) is 12.5 Å². The first-order chi connectivity index (χ1) is 6.27. The lowest BCUT2D eigenvalue weighted by Gasteiger charge is -2.08. The van der Waals surface area contributed by atoms with Gasteiger partial charge in [0.25, 0.3) is 0 Å². The third-order valence-electron chi connectivity index (χ3n) is 1.01. The molecule has 0 saturated heterocycles.